The van der Waals surface area contributed by atoms with E-state index in [0.717, 1.165) is 35.5 Å². The van der Waals surface area contributed by atoms with Gasteiger partial charge in [0.05, 0.1) is 26.7 Å². The van der Waals surface area contributed by atoms with Gasteiger partial charge in [-0.2, -0.15) is 0 Å². The fraction of sp³-hybridized carbons (Fsp3) is 0.316. The number of rotatable bonds is 7. The first-order valence-electron chi connectivity index (χ1n) is 8.68. The second-order valence-corrected chi connectivity index (χ2v) is 7.05. The van der Waals surface area contributed by atoms with Crippen molar-refractivity contribution in [2.45, 2.75) is 26.6 Å². The van der Waals surface area contributed by atoms with E-state index in [1.807, 2.05) is 48.9 Å². The lowest BCUT2D eigenvalue weighted by atomic mass is 10.2. The third-order valence-corrected chi connectivity index (χ3v) is 5.06. The Morgan fingerprint density at radius 1 is 1.14 bits per heavy atom. The van der Waals surface area contributed by atoms with Crippen LogP contribution in [0.5, 0.6) is 5.75 Å². The van der Waals surface area contributed by atoms with Crippen LogP contribution >= 0.6 is 35.3 Å². The summed E-state index contributed by atoms with van der Waals surface area (Å²) in [5.41, 5.74) is 1.11. The molecule has 2 heterocycles. The Bertz CT molecular complexity index is 876. The summed E-state index contributed by atoms with van der Waals surface area (Å²) in [5, 5.41) is 17.1. The topological polar surface area (TPSA) is 76.4 Å². The summed E-state index contributed by atoms with van der Waals surface area (Å²) in [4.78, 5) is 5.95. The molecule has 3 rings (SSSR count). The zero-order valence-electron chi connectivity index (χ0n) is 16.2. The Balaban J connectivity index is 0.00000280. The number of aryl methyl sites for hydroxylation is 1. The Morgan fingerprint density at radius 3 is 2.50 bits per heavy atom. The van der Waals surface area contributed by atoms with E-state index in [1.165, 1.54) is 4.88 Å². The molecule has 0 fully saturated rings. The SMILES string of the molecule is COc1ccc(CN=C(NCc2cccs2)NCc2nnc(C)n2C)cc1.I. The fourth-order valence-corrected chi connectivity index (χ4v) is 3.07. The maximum atomic E-state index is 5.20. The largest absolute Gasteiger partial charge is 0.497 e. The first kappa shape index (κ1) is 22.2. The van der Waals surface area contributed by atoms with Crippen LogP contribution in [0.3, 0.4) is 0 Å². The first-order chi connectivity index (χ1) is 13.2. The van der Waals surface area contributed by atoms with Crippen LogP contribution in [0.1, 0.15) is 22.1 Å². The van der Waals surface area contributed by atoms with Gasteiger partial charge in [-0.3, -0.25) is 0 Å². The summed E-state index contributed by atoms with van der Waals surface area (Å²) in [6.07, 6.45) is 0. The molecular weight excluding hydrogens is 487 g/mol. The molecule has 0 saturated heterocycles. The van der Waals surface area contributed by atoms with Gasteiger partial charge in [-0.25, -0.2) is 4.99 Å². The van der Waals surface area contributed by atoms with Crippen molar-refractivity contribution in [2.24, 2.45) is 12.0 Å². The van der Waals surface area contributed by atoms with Crippen LogP contribution in [0.4, 0.5) is 0 Å². The van der Waals surface area contributed by atoms with E-state index in [2.05, 4.69) is 32.3 Å². The van der Waals surface area contributed by atoms with Crippen LogP contribution < -0.4 is 15.4 Å². The van der Waals surface area contributed by atoms with Gasteiger partial charge in [-0.1, -0.05) is 18.2 Å². The molecule has 7 nitrogen and oxygen atoms in total. The van der Waals surface area contributed by atoms with Crippen LogP contribution in [-0.2, 0) is 26.7 Å². The molecule has 28 heavy (non-hydrogen) atoms. The molecule has 0 aliphatic carbocycles. The van der Waals surface area contributed by atoms with Crippen molar-refractivity contribution < 1.29 is 4.74 Å². The molecule has 3 aromatic rings. The number of nitrogens with one attached hydrogen (secondary N) is 2. The van der Waals surface area contributed by atoms with E-state index < -0.39 is 0 Å². The van der Waals surface area contributed by atoms with Gasteiger partial charge < -0.3 is 19.9 Å². The highest BCUT2D eigenvalue weighted by Gasteiger charge is 2.07. The molecule has 0 bridgehead atoms. The molecular formula is C19H25IN6OS. The van der Waals surface area contributed by atoms with E-state index >= 15 is 0 Å². The first-order valence-corrected chi connectivity index (χ1v) is 9.56. The number of aromatic nitrogens is 3. The minimum atomic E-state index is 0. The fourth-order valence-electron chi connectivity index (χ4n) is 2.43. The Hall–Kier alpha value is -2.14. The number of ether oxygens (including phenoxy) is 1. The van der Waals surface area contributed by atoms with Gasteiger partial charge in [-0.05, 0) is 36.1 Å². The summed E-state index contributed by atoms with van der Waals surface area (Å²) in [6.45, 7) is 3.78. The van der Waals surface area contributed by atoms with E-state index in [4.69, 9.17) is 9.73 Å². The lowest BCUT2D eigenvalue weighted by molar-refractivity contribution is 0.414. The number of hydrogen-bond acceptors (Lipinski definition) is 5. The van der Waals surface area contributed by atoms with Gasteiger partial charge in [0.1, 0.15) is 11.6 Å². The second kappa shape index (κ2) is 11.0. The lowest BCUT2D eigenvalue weighted by Gasteiger charge is -2.12. The molecule has 0 amide bonds. The molecule has 0 unspecified atom stereocenters. The third-order valence-electron chi connectivity index (χ3n) is 4.19. The predicted octanol–water partition coefficient (Wildman–Crippen LogP) is 3.25. The number of methoxy groups -OCH3 is 1. The van der Waals surface area contributed by atoms with Gasteiger partial charge in [0.2, 0.25) is 0 Å². The summed E-state index contributed by atoms with van der Waals surface area (Å²) in [7, 11) is 3.62. The Kier molecular flexibility index (Phi) is 8.71. The van der Waals surface area contributed by atoms with Gasteiger partial charge in [0, 0.05) is 11.9 Å². The molecule has 0 saturated carbocycles. The maximum Gasteiger partial charge on any atom is 0.192 e. The monoisotopic (exact) mass is 512 g/mol. The Labute approximate surface area is 186 Å². The zero-order valence-corrected chi connectivity index (χ0v) is 19.3. The summed E-state index contributed by atoms with van der Waals surface area (Å²) >= 11 is 1.72. The number of benzene rings is 1. The standard InChI is InChI=1S/C19H24N6OS.HI/c1-14-23-24-18(25(14)2)13-22-19(21-12-17-5-4-10-27-17)20-11-15-6-8-16(26-3)9-7-15;/h4-10H,11-13H2,1-3H3,(H2,20,21,22);1H. The van der Waals surface area contributed by atoms with E-state index in [1.54, 1.807) is 18.4 Å². The number of hydrogen-bond donors (Lipinski definition) is 2. The van der Waals surface area contributed by atoms with Crippen LogP contribution in [0, 0.1) is 6.92 Å². The highest BCUT2D eigenvalue weighted by Crippen LogP contribution is 2.12. The molecule has 0 aliphatic rings. The van der Waals surface area contributed by atoms with E-state index in [-0.39, 0.29) is 24.0 Å². The van der Waals surface area contributed by atoms with Gasteiger partial charge in [0.25, 0.3) is 0 Å². The van der Waals surface area contributed by atoms with Crippen molar-refractivity contribution in [3.63, 3.8) is 0 Å². The number of nitrogens with zero attached hydrogens (tertiary/aromatic N) is 4. The normalized spacial score (nSPS) is 11.0. The van der Waals surface area contributed by atoms with Crippen molar-refractivity contribution >= 4 is 41.3 Å². The van der Waals surface area contributed by atoms with Crippen molar-refractivity contribution in [2.75, 3.05) is 7.11 Å². The zero-order chi connectivity index (χ0) is 19.1. The molecule has 0 aliphatic heterocycles. The molecule has 9 heteroatoms. The lowest BCUT2D eigenvalue weighted by Crippen LogP contribution is -2.37. The summed E-state index contributed by atoms with van der Waals surface area (Å²) < 4.78 is 7.17. The quantitative estimate of drug-likeness (QED) is 0.289. The molecule has 150 valence electrons. The smallest absolute Gasteiger partial charge is 0.192 e. The minimum Gasteiger partial charge on any atom is -0.497 e. The number of halogens is 1. The van der Waals surface area contributed by atoms with Crippen LogP contribution in [-0.4, -0.2) is 27.8 Å². The Morgan fingerprint density at radius 2 is 1.89 bits per heavy atom. The van der Waals surface area contributed by atoms with Crippen LogP contribution in [0.15, 0.2) is 46.8 Å². The molecule has 0 spiro atoms. The predicted molar refractivity (Wildman–Crippen MR) is 123 cm³/mol. The molecule has 0 atom stereocenters. The molecule has 0 radical (unpaired) electrons. The third kappa shape index (κ3) is 6.20. The van der Waals surface area contributed by atoms with Crippen molar-refractivity contribution in [1.29, 1.82) is 0 Å². The molecule has 2 N–H and O–H groups in total. The van der Waals surface area contributed by atoms with Gasteiger partial charge in [-0.15, -0.1) is 45.5 Å². The average molecular weight is 512 g/mol. The maximum absolute atomic E-state index is 5.20. The van der Waals surface area contributed by atoms with Gasteiger partial charge >= 0.3 is 0 Å². The molecule has 2 aromatic heterocycles. The van der Waals surface area contributed by atoms with Crippen molar-refractivity contribution in [1.82, 2.24) is 25.4 Å². The highest BCUT2D eigenvalue weighted by molar-refractivity contribution is 14.0. The summed E-state index contributed by atoms with van der Waals surface area (Å²) in [5.74, 6) is 3.33. The highest BCUT2D eigenvalue weighted by atomic mass is 127. The van der Waals surface area contributed by atoms with Gasteiger partial charge in [0.15, 0.2) is 11.8 Å². The average Bonchev–Trinajstić information content (AvgIpc) is 3.33. The number of thiophene rings is 1. The van der Waals surface area contributed by atoms with E-state index in [9.17, 15) is 0 Å². The van der Waals surface area contributed by atoms with Crippen molar-refractivity contribution in [3.8, 4) is 5.75 Å². The van der Waals surface area contributed by atoms with Crippen molar-refractivity contribution in [3.05, 3.63) is 63.9 Å². The van der Waals surface area contributed by atoms with E-state index in [0.29, 0.717) is 13.1 Å². The summed E-state index contributed by atoms with van der Waals surface area (Å²) in [6, 6.07) is 12.1. The molecule has 1 aromatic carbocycles. The number of guanidine groups is 1. The minimum absolute atomic E-state index is 0. The second-order valence-electron chi connectivity index (χ2n) is 6.02. The number of aliphatic imine (C=N–C) groups is 1. The van der Waals surface area contributed by atoms with Crippen LogP contribution in [0.25, 0.3) is 0 Å². The van der Waals surface area contributed by atoms with Crippen LogP contribution in [0.2, 0.25) is 0 Å².